The average Bonchev–Trinajstić information content (AvgIpc) is 2.74. The van der Waals surface area contributed by atoms with E-state index >= 15 is 0 Å². The largest absolute Gasteiger partial charge is 0.294 e. The van der Waals surface area contributed by atoms with Gasteiger partial charge in [-0.25, -0.2) is 0 Å². The Kier molecular flexibility index (Phi) is 2.89. The lowest BCUT2D eigenvalue weighted by molar-refractivity contribution is 0.0994. The van der Waals surface area contributed by atoms with Crippen LogP contribution in [0.2, 0.25) is 10.0 Å². The van der Waals surface area contributed by atoms with Crippen LogP contribution in [0.25, 0.3) is 11.1 Å². The third kappa shape index (κ3) is 1.84. The number of rotatable bonds is 1. The molecule has 3 rings (SSSR count). The second-order valence-electron chi connectivity index (χ2n) is 4.40. The van der Waals surface area contributed by atoms with Gasteiger partial charge in [-0.3, -0.25) is 4.79 Å². The number of benzene rings is 2. The minimum absolute atomic E-state index is 0.230. The van der Waals surface area contributed by atoms with Crippen molar-refractivity contribution in [1.29, 1.82) is 0 Å². The van der Waals surface area contributed by atoms with Gasteiger partial charge in [-0.15, -0.1) is 0 Å². The molecule has 1 aliphatic rings. The van der Waals surface area contributed by atoms with Crippen molar-refractivity contribution in [3.8, 4) is 11.1 Å². The molecule has 1 aliphatic carbocycles. The van der Waals surface area contributed by atoms with Crippen LogP contribution in [0.3, 0.4) is 0 Å². The van der Waals surface area contributed by atoms with Gasteiger partial charge in [0.25, 0.3) is 0 Å². The van der Waals surface area contributed by atoms with Gasteiger partial charge in [0, 0.05) is 17.5 Å². The molecule has 0 spiro atoms. The first-order valence-corrected chi connectivity index (χ1v) is 6.53. The number of aryl methyl sites for hydroxylation is 1. The summed E-state index contributed by atoms with van der Waals surface area (Å²) in [5.74, 6) is 0.230. The van der Waals surface area contributed by atoms with Crippen LogP contribution in [0, 0.1) is 0 Å². The predicted octanol–water partition coefficient (Wildman–Crippen LogP) is 4.79. The monoisotopic (exact) mass is 276 g/mol. The Balaban J connectivity index is 2.14. The molecular weight excluding hydrogens is 267 g/mol. The zero-order chi connectivity index (χ0) is 12.7. The van der Waals surface area contributed by atoms with E-state index in [1.54, 1.807) is 6.07 Å². The summed E-state index contributed by atoms with van der Waals surface area (Å²) in [4.78, 5) is 11.6. The van der Waals surface area contributed by atoms with Gasteiger partial charge in [-0.05, 0) is 23.6 Å². The zero-order valence-electron chi connectivity index (χ0n) is 9.54. The Morgan fingerprint density at radius 2 is 1.78 bits per heavy atom. The number of carbonyl (C=O) groups is 1. The third-order valence-electron chi connectivity index (χ3n) is 3.29. The molecule has 0 saturated heterocycles. The van der Waals surface area contributed by atoms with Crippen LogP contribution < -0.4 is 0 Å². The van der Waals surface area contributed by atoms with Crippen molar-refractivity contribution in [2.45, 2.75) is 12.8 Å². The van der Waals surface area contributed by atoms with Crippen molar-refractivity contribution in [1.82, 2.24) is 0 Å². The topological polar surface area (TPSA) is 17.1 Å². The summed E-state index contributed by atoms with van der Waals surface area (Å²) in [6, 6.07) is 11.4. The highest BCUT2D eigenvalue weighted by Crippen LogP contribution is 2.35. The molecule has 0 amide bonds. The van der Waals surface area contributed by atoms with Gasteiger partial charge in [0.05, 0.1) is 10.0 Å². The smallest absolute Gasteiger partial charge is 0.163 e. The minimum Gasteiger partial charge on any atom is -0.294 e. The van der Waals surface area contributed by atoms with E-state index < -0.39 is 0 Å². The van der Waals surface area contributed by atoms with E-state index in [1.165, 1.54) is 0 Å². The van der Waals surface area contributed by atoms with Crippen LogP contribution in [0.4, 0.5) is 0 Å². The molecule has 1 nitrogen and oxygen atoms in total. The molecule has 2 aromatic rings. The van der Waals surface area contributed by atoms with E-state index in [9.17, 15) is 4.79 Å². The van der Waals surface area contributed by atoms with Crippen LogP contribution in [0.15, 0.2) is 36.4 Å². The number of Topliss-reactive ketones (excluding diaryl/α,β-unsaturated/α-hetero) is 1. The highest BCUT2D eigenvalue weighted by Gasteiger charge is 2.20. The van der Waals surface area contributed by atoms with Crippen LogP contribution in [0.1, 0.15) is 22.3 Å². The van der Waals surface area contributed by atoms with E-state index in [-0.39, 0.29) is 5.78 Å². The molecule has 0 unspecified atom stereocenters. The molecule has 0 fully saturated rings. The lowest BCUT2D eigenvalue weighted by atomic mass is 10.0. The van der Waals surface area contributed by atoms with Crippen molar-refractivity contribution in [2.75, 3.05) is 0 Å². The van der Waals surface area contributed by atoms with E-state index in [2.05, 4.69) is 0 Å². The maximum Gasteiger partial charge on any atom is 0.163 e. The van der Waals surface area contributed by atoms with E-state index in [0.29, 0.717) is 16.5 Å². The van der Waals surface area contributed by atoms with Gasteiger partial charge < -0.3 is 0 Å². The van der Waals surface area contributed by atoms with Gasteiger partial charge >= 0.3 is 0 Å². The van der Waals surface area contributed by atoms with Crippen molar-refractivity contribution < 1.29 is 4.79 Å². The number of halogens is 2. The van der Waals surface area contributed by atoms with E-state index in [0.717, 1.165) is 28.7 Å². The fraction of sp³-hybridized carbons (Fsp3) is 0.133. The van der Waals surface area contributed by atoms with Gasteiger partial charge in [0.2, 0.25) is 0 Å². The van der Waals surface area contributed by atoms with Crippen molar-refractivity contribution >= 4 is 29.0 Å². The summed E-state index contributed by atoms with van der Waals surface area (Å²) in [5, 5.41) is 1.11. The molecule has 90 valence electrons. The molecule has 3 heteroatoms. The summed E-state index contributed by atoms with van der Waals surface area (Å²) in [6.07, 6.45) is 1.43. The molecule has 0 heterocycles. The summed E-state index contributed by atoms with van der Waals surface area (Å²) < 4.78 is 0. The minimum atomic E-state index is 0.230. The first kappa shape index (κ1) is 11.8. The van der Waals surface area contributed by atoms with E-state index in [4.69, 9.17) is 23.2 Å². The number of carbonyl (C=O) groups excluding carboxylic acids is 1. The fourth-order valence-electron chi connectivity index (χ4n) is 2.35. The molecular formula is C15H10Cl2O. The Labute approximate surface area is 115 Å². The lowest BCUT2D eigenvalue weighted by Crippen LogP contribution is -1.91. The number of fused-ring (bicyclic) bond motifs is 1. The summed E-state index contributed by atoms with van der Waals surface area (Å²) in [7, 11) is 0. The van der Waals surface area contributed by atoms with Gasteiger partial charge in [-0.1, -0.05) is 53.5 Å². The molecule has 0 N–H and O–H groups in total. The van der Waals surface area contributed by atoms with E-state index in [1.807, 2.05) is 30.3 Å². The molecule has 2 aromatic carbocycles. The Morgan fingerprint density at radius 1 is 0.944 bits per heavy atom. The van der Waals surface area contributed by atoms with Gasteiger partial charge in [0.1, 0.15) is 0 Å². The Bertz CT molecular complexity index is 647. The normalized spacial score (nSPS) is 13.8. The van der Waals surface area contributed by atoms with Crippen molar-refractivity contribution in [2.24, 2.45) is 0 Å². The summed E-state index contributed by atoms with van der Waals surface area (Å²) in [6.45, 7) is 0. The van der Waals surface area contributed by atoms with Crippen molar-refractivity contribution in [3.63, 3.8) is 0 Å². The quantitative estimate of drug-likeness (QED) is 0.732. The molecule has 0 bridgehead atoms. The highest BCUT2D eigenvalue weighted by atomic mass is 35.5. The van der Waals surface area contributed by atoms with Crippen LogP contribution in [-0.2, 0) is 6.42 Å². The SMILES string of the molecule is O=C1CCc2cc(-c3cccc(Cl)c3Cl)ccc21. The van der Waals surface area contributed by atoms with Gasteiger partial charge in [0.15, 0.2) is 5.78 Å². The molecule has 0 saturated carbocycles. The zero-order valence-corrected chi connectivity index (χ0v) is 11.1. The van der Waals surface area contributed by atoms with Gasteiger partial charge in [-0.2, -0.15) is 0 Å². The first-order chi connectivity index (χ1) is 8.66. The molecule has 0 aliphatic heterocycles. The van der Waals surface area contributed by atoms with Crippen LogP contribution in [0.5, 0.6) is 0 Å². The predicted molar refractivity (Wildman–Crippen MR) is 74.5 cm³/mol. The maximum absolute atomic E-state index is 11.6. The number of hydrogen-bond acceptors (Lipinski definition) is 1. The molecule has 0 aromatic heterocycles. The summed E-state index contributed by atoms with van der Waals surface area (Å²) in [5.41, 5.74) is 3.87. The first-order valence-electron chi connectivity index (χ1n) is 5.77. The Morgan fingerprint density at radius 3 is 2.61 bits per heavy atom. The lowest BCUT2D eigenvalue weighted by Gasteiger charge is -2.07. The summed E-state index contributed by atoms with van der Waals surface area (Å²) >= 11 is 12.2. The second-order valence-corrected chi connectivity index (χ2v) is 5.18. The second kappa shape index (κ2) is 4.42. The molecule has 18 heavy (non-hydrogen) atoms. The van der Waals surface area contributed by atoms with Crippen molar-refractivity contribution in [3.05, 3.63) is 57.6 Å². The third-order valence-corrected chi connectivity index (χ3v) is 4.11. The molecule has 0 atom stereocenters. The van der Waals surface area contributed by atoms with Crippen LogP contribution >= 0.6 is 23.2 Å². The fourth-order valence-corrected chi connectivity index (χ4v) is 2.76. The number of hydrogen-bond donors (Lipinski definition) is 0. The average molecular weight is 277 g/mol. The standard InChI is InChI=1S/C15H10Cl2O/c16-13-3-1-2-12(15(13)17)10-4-6-11-9(8-10)5-7-14(11)18/h1-4,6,8H,5,7H2. The Hall–Kier alpha value is -1.31. The number of ketones is 1. The van der Waals surface area contributed by atoms with Crippen LogP contribution in [-0.4, -0.2) is 5.78 Å². The maximum atomic E-state index is 11.6. The highest BCUT2D eigenvalue weighted by molar-refractivity contribution is 6.43. The molecule has 0 radical (unpaired) electrons.